The lowest BCUT2D eigenvalue weighted by molar-refractivity contribution is -0.159. The standard InChI is InChI=1S/C13H18O6/c1-4-19-13(16)11(15)10(14)8-6-5-7-9(17-2)12(8)18-3/h5-7,10-11,14-15H,4H2,1-3H3. The molecule has 6 nitrogen and oxygen atoms in total. The minimum absolute atomic E-state index is 0.123. The highest BCUT2D eigenvalue weighted by Gasteiger charge is 2.30. The highest BCUT2D eigenvalue weighted by atomic mass is 16.5. The number of ether oxygens (including phenoxy) is 3. The summed E-state index contributed by atoms with van der Waals surface area (Å²) in [5, 5.41) is 19.8. The maximum atomic E-state index is 11.4. The smallest absolute Gasteiger partial charge is 0.338 e. The van der Waals surface area contributed by atoms with E-state index in [1.54, 1.807) is 19.1 Å². The monoisotopic (exact) mass is 270 g/mol. The summed E-state index contributed by atoms with van der Waals surface area (Å²) in [6, 6.07) is 4.80. The topological polar surface area (TPSA) is 85.2 Å². The summed E-state index contributed by atoms with van der Waals surface area (Å²) in [4.78, 5) is 11.4. The van der Waals surface area contributed by atoms with Crippen LogP contribution in [0.3, 0.4) is 0 Å². The second kappa shape index (κ2) is 6.96. The lowest BCUT2D eigenvalue weighted by atomic mass is 10.0. The van der Waals surface area contributed by atoms with Crippen molar-refractivity contribution < 1.29 is 29.2 Å². The third-order valence-corrected chi connectivity index (χ3v) is 2.58. The zero-order chi connectivity index (χ0) is 14.4. The summed E-state index contributed by atoms with van der Waals surface area (Å²) in [6.45, 7) is 1.74. The normalized spacial score (nSPS) is 13.5. The molecule has 0 bridgehead atoms. The molecule has 0 heterocycles. The van der Waals surface area contributed by atoms with E-state index in [-0.39, 0.29) is 17.9 Å². The van der Waals surface area contributed by atoms with Crippen LogP contribution in [0.4, 0.5) is 0 Å². The van der Waals surface area contributed by atoms with Gasteiger partial charge >= 0.3 is 5.97 Å². The molecule has 1 rings (SSSR count). The molecule has 1 aromatic carbocycles. The number of hydrogen-bond donors (Lipinski definition) is 2. The van der Waals surface area contributed by atoms with Gasteiger partial charge < -0.3 is 24.4 Å². The number of carbonyl (C=O) groups is 1. The Morgan fingerprint density at radius 2 is 1.95 bits per heavy atom. The molecule has 0 spiro atoms. The van der Waals surface area contributed by atoms with Gasteiger partial charge in [0.25, 0.3) is 0 Å². The Morgan fingerprint density at radius 1 is 1.26 bits per heavy atom. The Hall–Kier alpha value is -1.79. The average molecular weight is 270 g/mol. The summed E-state index contributed by atoms with van der Waals surface area (Å²) >= 11 is 0. The quantitative estimate of drug-likeness (QED) is 0.739. The molecule has 0 saturated carbocycles. The van der Waals surface area contributed by atoms with E-state index in [1.165, 1.54) is 20.3 Å². The Balaban J connectivity index is 3.05. The zero-order valence-electron chi connectivity index (χ0n) is 11.1. The molecule has 2 N–H and O–H groups in total. The van der Waals surface area contributed by atoms with Crippen molar-refractivity contribution in [2.75, 3.05) is 20.8 Å². The maximum absolute atomic E-state index is 11.4. The van der Waals surface area contributed by atoms with Gasteiger partial charge in [0.2, 0.25) is 0 Å². The van der Waals surface area contributed by atoms with Gasteiger partial charge in [-0.2, -0.15) is 0 Å². The van der Waals surface area contributed by atoms with Crippen LogP contribution >= 0.6 is 0 Å². The molecule has 2 unspecified atom stereocenters. The summed E-state index contributed by atoms with van der Waals surface area (Å²) in [5.41, 5.74) is 0.252. The molecule has 19 heavy (non-hydrogen) atoms. The molecule has 0 amide bonds. The van der Waals surface area contributed by atoms with Crippen LogP contribution in [0, 0.1) is 0 Å². The second-order valence-corrected chi connectivity index (χ2v) is 3.72. The highest BCUT2D eigenvalue weighted by molar-refractivity contribution is 5.75. The predicted molar refractivity (Wildman–Crippen MR) is 67.1 cm³/mol. The average Bonchev–Trinajstić information content (AvgIpc) is 2.44. The van der Waals surface area contributed by atoms with Crippen molar-refractivity contribution in [3.05, 3.63) is 23.8 Å². The maximum Gasteiger partial charge on any atom is 0.338 e. The van der Waals surface area contributed by atoms with Crippen LogP contribution in [-0.2, 0) is 9.53 Å². The lowest BCUT2D eigenvalue weighted by Crippen LogP contribution is -2.30. The van der Waals surface area contributed by atoms with Crippen molar-refractivity contribution in [3.8, 4) is 11.5 Å². The van der Waals surface area contributed by atoms with Gasteiger partial charge in [-0.15, -0.1) is 0 Å². The summed E-state index contributed by atoms with van der Waals surface area (Å²) in [6.07, 6.45) is -3.13. The first-order valence-corrected chi connectivity index (χ1v) is 5.80. The molecule has 0 aliphatic carbocycles. The number of benzene rings is 1. The minimum atomic E-state index is -1.68. The summed E-state index contributed by atoms with van der Waals surface area (Å²) in [7, 11) is 2.86. The molecule has 1 aromatic rings. The number of methoxy groups -OCH3 is 2. The van der Waals surface area contributed by atoms with E-state index in [1.807, 2.05) is 0 Å². The highest BCUT2D eigenvalue weighted by Crippen LogP contribution is 2.35. The Kier molecular flexibility index (Phi) is 5.59. The molecule has 0 aliphatic rings. The molecule has 0 aliphatic heterocycles. The largest absolute Gasteiger partial charge is 0.493 e. The van der Waals surface area contributed by atoms with Crippen molar-refractivity contribution in [1.29, 1.82) is 0 Å². The van der Waals surface area contributed by atoms with Crippen LogP contribution in [0.15, 0.2) is 18.2 Å². The van der Waals surface area contributed by atoms with E-state index in [2.05, 4.69) is 4.74 Å². The lowest BCUT2D eigenvalue weighted by Gasteiger charge is -2.20. The molecular weight excluding hydrogens is 252 g/mol. The van der Waals surface area contributed by atoms with Crippen molar-refractivity contribution >= 4 is 5.97 Å². The van der Waals surface area contributed by atoms with Gasteiger partial charge in [-0.25, -0.2) is 4.79 Å². The molecule has 106 valence electrons. The van der Waals surface area contributed by atoms with E-state index in [0.717, 1.165) is 0 Å². The van der Waals surface area contributed by atoms with Crippen molar-refractivity contribution in [2.45, 2.75) is 19.1 Å². The van der Waals surface area contributed by atoms with Crippen LogP contribution in [0.5, 0.6) is 11.5 Å². The van der Waals surface area contributed by atoms with Crippen molar-refractivity contribution in [3.63, 3.8) is 0 Å². The fourth-order valence-electron chi connectivity index (χ4n) is 1.67. The fraction of sp³-hybridized carbons (Fsp3) is 0.462. The molecule has 0 saturated heterocycles. The number of aliphatic hydroxyl groups excluding tert-OH is 2. The van der Waals surface area contributed by atoms with Crippen LogP contribution in [0.2, 0.25) is 0 Å². The Bertz CT molecular complexity index is 431. The van der Waals surface area contributed by atoms with E-state index >= 15 is 0 Å². The molecule has 2 atom stereocenters. The number of rotatable bonds is 6. The van der Waals surface area contributed by atoms with E-state index < -0.39 is 18.2 Å². The van der Waals surface area contributed by atoms with Gasteiger partial charge in [0.05, 0.1) is 20.8 Å². The third-order valence-electron chi connectivity index (χ3n) is 2.58. The van der Waals surface area contributed by atoms with E-state index in [0.29, 0.717) is 5.75 Å². The number of aliphatic hydroxyl groups is 2. The minimum Gasteiger partial charge on any atom is -0.493 e. The van der Waals surface area contributed by atoms with E-state index in [4.69, 9.17) is 9.47 Å². The first-order valence-electron chi connectivity index (χ1n) is 5.80. The van der Waals surface area contributed by atoms with Gasteiger partial charge in [-0.3, -0.25) is 0 Å². The summed E-state index contributed by atoms with van der Waals surface area (Å²) < 4.78 is 14.9. The van der Waals surface area contributed by atoms with Gasteiger partial charge in [0, 0.05) is 5.56 Å². The third kappa shape index (κ3) is 3.36. The SMILES string of the molecule is CCOC(=O)C(O)C(O)c1cccc(OC)c1OC. The summed E-state index contributed by atoms with van der Waals surface area (Å²) in [5.74, 6) is -0.226. The Labute approximate surface area is 111 Å². The number of para-hydroxylation sites is 1. The zero-order valence-corrected chi connectivity index (χ0v) is 11.1. The number of esters is 1. The second-order valence-electron chi connectivity index (χ2n) is 3.72. The van der Waals surface area contributed by atoms with Crippen molar-refractivity contribution in [1.82, 2.24) is 0 Å². The number of hydrogen-bond acceptors (Lipinski definition) is 6. The van der Waals surface area contributed by atoms with Gasteiger partial charge in [-0.1, -0.05) is 12.1 Å². The molecule has 0 aromatic heterocycles. The molecular formula is C13H18O6. The predicted octanol–water partition coefficient (Wildman–Crippen LogP) is 0.661. The first kappa shape index (κ1) is 15.3. The Morgan fingerprint density at radius 3 is 2.47 bits per heavy atom. The van der Waals surface area contributed by atoms with Crippen LogP contribution in [0.25, 0.3) is 0 Å². The van der Waals surface area contributed by atoms with Gasteiger partial charge in [0.15, 0.2) is 17.6 Å². The van der Waals surface area contributed by atoms with E-state index in [9.17, 15) is 15.0 Å². The van der Waals surface area contributed by atoms with Crippen LogP contribution in [0.1, 0.15) is 18.6 Å². The van der Waals surface area contributed by atoms with Crippen LogP contribution < -0.4 is 9.47 Å². The molecule has 0 fully saturated rings. The van der Waals surface area contributed by atoms with Crippen molar-refractivity contribution in [2.24, 2.45) is 0 Å². The molecule has 6 heteroatoms. The van der Waals surface area contributed by atoms with Crippen LogP contribution in [-0.4, -0.2) is 43.1 Å². The van der Waals surface area contributed by atoms with Gasteiger partial charge in [0.1, 0.15) is 6.10 Å². The molecule has 0 radical (unpaired) electrons. The fourth-order valence-corrected chi connectivity index (χ4v) is 1.67. The number of carbonyl (C=O) groups excluding carboxylic acids is 1. The first-order chi connectivity index (χ1) is 9.06. The van der Waals surface area contributed by atoms with Gasteiger partial charge in [-0.05, 0) is 13.0 Å².